The molecule has 1 aromatic carbocycles. The molecule has 2 rings (SSSR count). The van der Waals surface area contributed by atoms with Gasteiger partial charge < -0.3 is 34.6 Å². The van der Waals surface area contributed by atoms with Gasteiger partial charge in [0, 0.05) is 0 Å². The van der Waals surface area contributed by atoms with Gasteiger partial charge in [0.1, 0.15) is 30.5 Å². The van der Waals surface area contributed by atoms with E-state index in [1.54, 1.807) is 0 Å². The van der Waals surface area contributed by atoms with Gasteiger partial charge in [-0.15, -0.1) is 0 Å². The fourth-order valence-electron chi connectivity index (χ4n) is 2.18. The number of rotatable bonds is 4. The number of methoxy groups -OCH3 is 1. The van der Waals surface area contributed by atoms with Crippen molar-refractivity contribution in [3.8, 4) is 5.75 Å². The van der Waals surface area contributed by atoms with Crippen LogP contribution in [0.15, 0.2) is 12.1 Å². The lowest BCUT2D eigenvalue weighted by atomic mass is 9.97. The molecule has 0 spiro atoms. The van der Waals surface area contributed by atoms with Crippen LogP contribution in [-0.2, 0) is 9.47 Å². The van der Waals surface area contributed by atoms with Crippen LogP contribution < -0.4 is 4.74 Å². The first-order valence-corrected chi connectivity index (χ1v) is 7.56. The summed E-state index contributed by atoms with van der Waals surface area (Å²) in [7, 11) is 1.29. The summed E-state index contributed by atoms with van der Waals surface area (Å²) in [6.07, 6.45) is -4.92. The van der Waals surface area contributed by atoms with Crippen molar-refractivity contribution in [2.45, 2.75) is 24.1 Å². The van der Waals surface area contributed by atoms with E-state index in [4.69, 9.17) is 37.4 Å². The molecule has 4 atom stereocenters. The van der Waals surface area contributed by atoms with Crippen LogP contribution >= 0.6 is 23.2 Å². The third-order valence-corrected chi connectivity index (χ3v) is 4.17. The molecule has 1 aliphatic rings. The Morgan fingerprint density at radius 2 is 1.96 bits per heavy atom. The van der Waals surface area contributed by atoms with E-state index in [-0.39, 0.29) is 21.4 Å². The minimum Gasteiger partial charge on any atom is -0.494 e. The fourth-order valence-corrected chi connectivity index (χ4v) is 2.64. The number of aliphatic hydroxyl groups excluding tert-OH is 3. The van der Waals surface area contributed by atoms with Gasteiger partial charge in [-0.05, 0) is 12.1 Å². The minimum atomic E-state index is -2.38. The largest absolute Gasteiger partial charge is 0.494 e. The van der Waals surface area contributed by atoms with Crippen LogP contribution in [0.1, 0.15) is 10.4 Å². The van der Waals surface area contributed by atoms with Gasteiger partial charge in [0.05, 0.1) is 23.8 Å². The van der Waals surface area contributed by atoms with Gasteiger partial charge in [0.15, 0.2) is 5.75 Å². The average Bonchev–Trinajstić information content (AvgIpc) is 2.56. The van der Waals surface area contributed by atoms with Crippen molar-refractivity contribution >= 4 is 29.2 Å². The molecule has 4 N–H and O–H groups in total. The predicted molar refractivity (Wildman–Crippen MR) is 82.2 cm³/mol. The van der Waals surface area contributed by atoms with E-state index in [1.807, 2.05) is 0 Å². The van der Waals surface area contributed by atoms with Crippen molar-refractivity contribution in [3.05, 3.63) is 27.7 Å². The van der Waals surface area contributed by atoms with Crippen molar-refractivity contribution in [1.29, 1.82) is 0 Å². The molecule has 1 heterocycles. The molecule has 1 saturated heterocycles. The highest BCUT2D eigenvalue weighted by atomic mass is 35.5. The van der Waals surface area contributed by atoms with Crippen molar-refractivity contribution in [2.75, 3.05) is 20.3 Å². The standard InChI is InChI=1S/C14H16Cl2O8/c1-22-11-7(16)3-2-6(15)9(11)13(20)23-5-14(21)12(19)10(18)8(17)4-24-14/h2-3,8,10,12,17-19,21H,4-5H2,1H3/t8-,10+,12-,14?/m0/s1. The highest BCUT2D eigenvalue weighted by Crippen LogP contribution is 2.34. The molecule has 0 aromatic heterocycles. The number of carbonyl (C=O) groups excluding carboxylic acids is 1. The molecule has 1 unspecified atom stereocenters. The van der Waals surface area contributed by atoms with E-state index in [9.17, 15) is 25.2 Å². The maximum atomic E-state index is 12.2. The first-order valence-electron chi connectivity index (χ1n) is 6.81. The topological polar surface area (TPSA) is 126 Å². The minimum absolute atomic E-state index is 0.00816. The molecule has 0 aliphatic carbocycles. The Hall–Kier alpha value is -1.13. The smallest absolute Gasteiger partial charge is 0.343 e. The van der Waals surface area contributed by atoms with Gasteiger partial charge in [0.25, 0.3) is 0 Å². The Morgan fingerprint density at radius 3 is 2.58 bits per heavy atom. The molecule has 1 aromatic rings. The van der Waals surface area contributed by atoms with Crippen LogP contribution in [0, 0.1) is 0 Å². The number of hydrogen-bond donors (Lipinski definition) is 4. The first-order chi connectivity index (χ1) is 11.2. The molecule has 134 valence electrons. The van der Waals surface area contributed by atoms with E-state index in [1.165, 1.54) is 19.2 Å². The Bertz CT molecular complexity index is 625. The summed E-state index contributed by atoms with van der Waals surface area (Å²) in [5.74, 6) is -3.38. The number of carbonyl (C=O) groups is 1. The number of halogens is 2. The molecule has 24 heavy (non-hydrogen) atoms. The summed E-state index contributed by atoms with van der Waals surface area (Å²) in [6, 6.07) is 2.79. The molecular formula is C14H16Cl2O8. The third kappa shape index (κ3) is 3.60. The fraction of sp³-hybridized carbons (Fsp3) is 0.500. The van der Waals surface area contributed by atoms with Gasteiger partial charge in [-0.25, -0.2) is 4.79 Å². The summed E-state index contributed by atoms with van der Waals surface area (Å²) in [6.45, 7) is -1.27. The van der Waals surface area contributed by atoms with Crippen LogP contribution in [0.2, 0.25) is 10.0 Å². The maximum absolute atomic E-state index is 12.2. The Balaban J connectivity index is 2.15. The van der Waals surface area contributed by atoms with E-state index in [2.05, 4.69) is 0 Å². The molecule has 1 fully saturated rings. The average molecular weight is 383 g/mol. The molecule has 0 amide bonds. The zero-order valence-corrected chi connectivity index (χ0v) is 14.0. The third-order valence-electron chi connectivity index (χ3n) is 3.56. The molecular weight excluding hydrogens is 367 g/mol. The number of aliphatic hydroxyl groups is 4. The normalized spacial score (nSPS) is 30.0. The highest BCUT2D eigenvalue weighted by molar-refractivity contribution is 6.37. The summed E-state index contributed by atoms with van der Waals surface area (Å²) in [5.41, 5.74) is -0.166. The zero-order valence-electron chi connectivity index (χ0n) is 12.5. The highest BCUT2D eigenvalue weighted by Gasteiger charge is 2.49. The van der Waals surface area contributed by atoms with Gasteiger partial charge in [-0.2, -0.15) is 0 Å². The first kappa shape index (κ1) is 19.2. The molecule has 0 saturated carbocycles. The molecule has 1 aliphatic heterocycles. The van der Waals surface area contributed by atoms with Crippen molar-refractivity contribution in [3.63, 3.8) is 0 Å². The molecule has 10 heteroatoms. The predicted octanol–water partition coefficient (Wildman–Crippen LogP) is -0.0397. The Labute approximate surface area is 147 Å². The maximum Gasteiger partial charge on any atom is 0.343 e. The number of hydrogen-bond acceptors (Lipinski definition) is 8. The zero-order chi connectivity index (χ0) is 18.1. The van der Waals surface area contributed by atoms with Gasteiger partial charge >= 0.3 is 5.97 Å². The number of benzene rings is 1. The summed E-state index contributed by atoms with van der Waals surface area (Å²) >= 11 is 11.9. The molecule has 0 radical (unpaired) electrons. The van der Waals surface area contributed by atoms with Gasteiger partial charge in [-0.3, -0.25) is 0 Å². The van der Waals surface area contributed by atoms with E-state index in [0.717, 1.165) is 0 Å². The summed E-state index contributed by atoms with van der Waals surface area (Å²) in [5, 5.41) is 39.1. The SMILES string of the molecule is COc1c(Cl)ccc(Cl)c1C(=O)OCC1(O)OC[C@H](O)[C@@H](O)[C@@H]1O. The number of esters is 1. The molecule has 0 bridgehead atoms. The Morgan fingerprint density at radius 1 is 1.33 bits per heavy atom. The van der Waals surface area contributed by atoms with Gasteiger partial charge in [-0.1, -0.05) is 23.2 Å². The van der Waals surface area contributed by atoms with Crippen molar-refractivity contribution in [2.24, 2.45) is 0 Å². The van der Waals surface area contributed by atoms with Crippen molar-refractivity contribution < 1.29 is 39.4 Å². The van der Waals surface area contributed by atoms with Crippen LogP contribution in [0.4, 0.5) is 0 Å². The lowest BCUT2D eigenvalue weighted by molar-refractivity contribution is -0.330. The quantitative estimate of drug-likeness (QED) is 0.534. The van der Waals surface area contributed by atoms with Gasteiger partial charge in [0.2, 0.25) is 5.79 Å². The molecule has 8 nitrogen and oxygen atoms in total. The summed E-state index contributed by atoms with van der Waals surface area (Å²) < 4.78 is 14.8. The van der Waals surface area contributed by atoms with E-state index in [0.29, 0.717) is 0 Å². The van der Waals surface area contributed by atoms with Crippen LogP contribution in [-0.4, -0.2) is 70.8 Å². The monoisotopic (exact) mass is 382 g/mol. The number of ether oxygens (including phenoxy) is 3. The van der Waals surface area contributed by atoms with Crippen LogP contribution in [0.3, 0.4) is 0 Å². The van der Waals surface area contributed by atoms with E-state index < -0.39 is 43.3 Å². The second-order valence-corrected chi connectivity index (χ2v) is 5.99. The summed E-state index contributed by atoms with van der Waals surface area (Å²) in [4.78, 5) is 12.2. The van der Waals surface area contributed by atoms with Crippen LogP contribution in [0.5, 0.6) is 5.75 Å². The lowest BCUT2D eigenvalue weighted by Crippen LogP contribution is -2.63. The Kier molecular flexibility index (Phi) is 5.92. The van der Waals surface area contributed by atoms with Crippen molar-refractivity contribution in [1.82, 2.24) is 0 Å². The second kappa shape index (κ2) is 7.40. The second-order valence-electron chi connectivity index (χ2n) is 5.17. The lowest BCUT2D eigenvalue weighted by Gasteiger charge is -2.40. The van der Waals surface area contributed by atoms with Crippen LogP contribution in [0.25, 0.3) is 0 Å². The van der Waals surface area contributed by atoms with E-state index >= 15 is 0 Å².